The smallest absolute Gasteiger partial charge is 0.128 e. The Kier molecular flexibility index (Phi) is 3.43. The maximum absolute atomic E-state index is 13.3. The fourth-order valence-corrected chi connectivity index (χ4v) is 1.16. The van der Waals surface area contributed by atoms with Gasteiger partial charge in [-0.1, -0.05) is 0 Å². The minimum atomic E-state index is -0.795. The van der Waals surface area contributed by atoms with Crippen molar-refractivity contribution in [2.75, 3.05) is 7.11 Å². The molecule has 1 aromatic rings. The lowest BCUT2D eigenvalue weighted by Crippen LogP contribution is -2.24. The van der Waals surface area contributed by atoms with Gasteiger partial charge in [-0.15, -0.1) is 0 Å². The Bertz CT molecular complexity index is 315. The van der Waals surface area contributed by atoms with Gasteiger partial charge >= 0.3 is 0 Å². The number of hydrogen-bond donors (Lipinski definition) is 2. The molecule has 0 bridgehead atoms. The van der Waals surface area contributed by atoms with Crippen LogP contribution >= 0.6 is 0 Å². The first-order chi connectivity index (χ1) is 6.56. The van der Waals surface area contributed by atoms with E-state index in [1.807, 2.05) is 0 Å². The molecule has 0 aliphatic rings. The third-order valence-electron chi connectivity index (χ3n) is 2.08. The highest BCUT2D eigenvalue weighted by Crippen LogP contribution is 2.22. The molecule has 4 heteroatoms. The largest absolute Gasteiger partial charge is 0.497 e. The molecule has 0 saturated heterocycles. The van der Waals surface area contributed by atoms with Crippen molar-refractivity contribution in [3.05, 3.63) is 29.6 Å². The van der Waals surface area contributed by atoms with Gasteiger partial charge in [0.1, 0.15) is 11.6 Å². The summed E-state index contributed by atoms with van der Waals surface area (Å²) in [6.45, 7) is 1.52. The number of aliphatic hydroxyl groups excluding tert-OH is 1. The van der Waals surface area contributed by atoms with Crippen LogP contribution < -0.4 is 10.5 Å². The molecule has 0 fully saturated rings. The Morgan fingerprint density at radius 1 is 1.50 bits per heavy atom. The lowest BCUT2D eigenvalue weighted by molar-refractivity contribution is 0.162. The number of benzene rings is 1. The Balaban J connectivity index is 3.05. The average Bonchev–Trinajstić information content (AvgIpc) is 2.17. The molecule has 3 nitrogen and oxygen atoms in total. The number of methoxy groups -OCH3 is 1. The second kappa shape index (κ2) is 4.39. The summed E-state index contributed by atoms with van der Waals surface area (Å²) < 4.78 is 18.2. The molecule has 0 spiro atoms. The van der Waals surface area contributed by atoms with E-state index in [1.54, 1.807) is 0 Å². The summed E-state index contributed by atoms with van der Waals surface area (Å²) in [4.78, 5) is 0. The van der Waals surface area contributed by atoms with Gasteiger partial charge in [0.05, 0.1) is 19.3 Å². The normalized spacial score (nSPS) is 14.9. The van der Waals surface area contributed by atoms with E-state index in [2.05, 4.69) is 0 Å². The van der Waals surface area contributed by atoms with Crippen LogP contribution in [0.15, 0.2) is 18.2 Å². The summed E-state index contributed by atoms with van der Waals surface area (Å²) >= 11 is 0. The average molecular weight is 199 g/mol. The third-order valence-corrected chi connectivity index (χ3v) is 2.08. The molecule has 0 saturated carbocycles. The van der Waals surface area contributed by atoms with E-state index in [9.17, 15) is 9.50 Å². The second-order valence-corrected chi connectivity index (χ2v) is 3.15. The highest BCUT2D eigenvalue weighted by Gasteiger charge is 2.16. The van der Waals surface area contributed by atoms with Crippen LogP contribution in [0.25, 0.3) is 0 Å². The van der Waals surface area contributed by atoms with Crippen molar-refractivity contribution in [1.82, 2.24) is 0 Å². The standard InChI is InChI=1S/C10H14FNO2/c1-6(13)10(12)8-5-7(14-2)3-4-9(8)11/h3-6,10,13H,12H2,1-2H3/t6-,10-/m1/s1. The van der Waals surface area contributed by atoms with Crippen molar-refractivity contribution in [2.24, 2.45) is 5.73 Å². The lowest BCUT2D eigenvalue weighted by atomic mass is 10.0. The van der Waals surface area contributed by atoms with Gasteiger partial charge in [-0.2, -0.15) is 0 Å². The van der Waals surface area contributed by atoms with E-state index in [1.165, 1.54) is 32.2 Å². The van der Waals surface area contributed by atoms with Gasteiger partial charge in [-0.25, -0.2) is 4.39 Å². The SMILES string of the molecule is COc1ccc(F)c([C@H](N)[C@@H](C)O)c1. The van der Waals surface area contributed by atoms with Gasteiger partial charge in [-0.05, 0) is 25.1 Å². The van der Waals surface area contributed by atoms with Gasteiger partial charge in [0.25, 0.3) is 0 Å². The molecular weight excluding hydrogens is 185 g/mol. The maximum atomic E-state index is 13.3. The van der Waals surface area contributed by atoms with Gasteiger partial charge < -0.3 is 15.6 Å². The fourth-order valence-electron chi connectivity index (χ4n) is 1.16. The number of hydrogen-bond acceptors (Lipinski definition) is 3. The molecule has 1 rings (SSSR count). The molecule has 0 unspecified atom stereocenters. The molecule has 14 heavy (non-hydrogen) atoms. The summed E-state index contributed by atoms with van der Waals surface area (Å²) in [6, 6.07) is 3.54. The van der Waals surface area contributed by atoms with Crippen molar-refractivity contribution < 1.29 is 14.2 Å². The molecule has 0 heterocycles. The molecule has 0 amide bonds. The van der Waals surface area contributed by atoms with Crippen molar-refractivity contribution in [3.63, 3.8) is 0 Å². The predicted molar refractivity (Wildman–Crippen MR) is 51.6 cm³/mol. The zero-order chi connectivity index (χ0) is 10.7. The molecule has 0 aromatic heterocycles. The van der Waals surface area contributed by atoms with Crippen LogP contribution in [-0.2, 0) is 0 Å². The fraction of sp³-hybridized carbons (Fsp3) is 0.400. The molecule has 0 aliphatic heterocycles. The molecule has 3 N–H and O–H groups in total. The first-order valence-corrected chi connectivity index (χ1v) is 4.33. The van der Waals surface area contributed by atoms with Crippen molar-refractivity contribution >= 4 is 0 Å². The summed E-state index contributed by atoms with van der Waals surface area (Å²) in [5, 5.41) is 9.23. The Morgan fingerprint density at radius 3 is 2.64 bits per heavy atom. The van der Waals surface area contributed by atoms with Gasteiger partial charge in [0.15, 0.2) is 0 Å². The van der Waals surface area contributed by atoms with Crippen LogP contribution in [0.3, 0.4) is 0 Å². The van der Waals surface area contributed by atoms with Crippen molar-refractivity contribution in [1.29, 1.82) is 0 Å². The molecular formula is C10H14FNO2. The van der Waals surface area contributed by atoms with Gasteiger partial charge in [0.2, 0.25) is 0 Å². The zero-order valence-electron chi connectivity index (χ0n) is 8.20. The van der Waals surface area contributed by atoms with Crippen molar-refractivity contribution in [3.8, 4) is 5.75 Å². The first kappa shape index (κ1) is 10.9. The number of halogens is 1. The predicted octanol–water partition coefficient (Wildman–Crippen LogP) is 1.21. The summed E-state index contributed by atoms with van der Waals surface area (Å²) in [5.74, 6) is 0.0942. The van der Waals surface area contributed by atoms with E-state index in [0.29, 0.717) is 5.75 Å². The van der Waals surface area contributed by atoms with Crippen LogP contribution in [0.4, 0.5) is 4.39 Å². The Morgan fingerprint density at radius 2 is 2.14 bits per heavy atom. The Labute approximate surface area is 82.3 Å². The summed E-state index contributed by atoms with van der Waals surface area (Å²) in [5.41, 5.74) is 5.88. The number of aliphatic hydroxyl groups is 1. The van der Waals surface area contributed by atoms with Gasteiger partial charge in [0, 0.05) is 5.56 Å². The topological polar surface area (TPSA) is 55.5 Å². The number of ether oxygens (including phenoxy) is 1. The van der Waals surface area contributed by atoms with E-state index < -0.39 is 18.0 Å². The summed E-state index contributed by atoms with van der Waals surface area (Å²) in [6.07, 6.45) is -0.795. The lowest BCUT2D eigenvalue weighted by Gasteiger charge is -2.16. The second-order valence-electron chi connectivity index (χ2n) is 3.15. The monoisotopic (exact) mass is 199 g/mol. The molecule has 0 aliphatic carbocycles. The van der Waals surface area contributed by atoms with E-state index in [-0.39, 0.29) is 5.56 Å². The van der Waals surface area contributed by atoms with E-state index >= 15 is 0 Å². The maximum Gasteiger partial charge on any atom is 0.128 e. The summed E-state index contributed by atoms with van der Waals surface area (Å²) in [7, 11) is 1.49. The minimum absolute atomic E-state index is 0.263. The first-order valence-electron chi connectivity index (χ1n) is 4.33. The zero-order valence-corrected chi connectivity index (χ0v) is 8.20. The van der Waals surface area contributed by atoms with Crippen LogP contribution in [0, 0.1) is 5.82 Å². The molecule has 2 atom stereocenters. The van der Waals surface area contributed by atoms with Crippen molar-refractivity contribution in [2.45, 2.75) is 19.1 Å². The third kappa shape index (κ3) is 2.21. The van der Waals surface area contributed by atoms with Gasteiger partial charge in [-0.3, -0.25) is 0 Å². The molecule has 78 valence electrons. The Hall–Kier alpha value is -1.13. The minimum Gasteiger partial charge on any atom is -0.497 e. The highest BCUT2D eigenvalue weighted by atomic mass is 19.1. The van der Waals surface area contributed by atoms with E-state index in [4.69, 9.17) is 10.5 Å². The van der Waals surface area contributed by atoms with Crippen LogP contribution in [0.5, 0.6) is 5.75 Å². The highest BCUT2D eigenvalue weighted by molar-refractivity contribution is 5.32. The number of nitrogens with two attached hydrogens (primary N) is 1. The quantitative estimate of drug-likeness (QED) is 0.769. The van der Waals surface area contributed by atoms with Crippen LogP contribution in [0.1, 0.15) is 18.5 Å². The van der Waals surface area contributed by atoms with E-state index in [0.717, 1.165) is 0 Å². The van der Waals surface area contributed by atoms with Crippen LogP contribution in [0.2, 0.25) is 0 Å². The van der Waals surface area contributed by atoms with Crippen LogP contribution in [-0.4, -0.2) is 18.3 Å². The number of rotatable bonds is 3. The molecule has 0 radical (unpaired) electrons. The molecule has 1 aromatic carbocycles.